The molecule has 1 N–H and O–H groups in total. The number of para-hydroxylation sites is 1. The van der Waals surface area contributed by atoms with Crippen molar-refractivity contribution in [3.8, 4) is 0 Å². The highest BCUT2D eigenvalue weighted by Gasteiger charge is 2.11. The second-order valence-electron chi connectivity index (χ2n) is 5.61. The average molecular weight is 358 g/mol. The average Bonchev–Trinajstić information content (AvgIpc) is 2.62. The maximum Gasteiger partial charge on any atom is 0.225 e. The number of thioether (sulfide) groups is 1. The van der Waals surface area contributed by atoms with E-state index in [0.717, 1.165) is 10.6 Å². The number of carbonyl (C=O) groups excluding carboxylic acids is 1. The highest BCUT2D eigenvalue weighted by molar-refractivity contribution is 7.98. The van der Waals surface area contributed by atoms with E-state index in [9.17, 15) is 9.18 Å². The zero-order chi connectivity index (χ0) is 18.1. The zero-order valence-corrected chi connectivity index (χ0v) is 15.2. The monoisotopic (exact) mass is 358 g/mol. The van der Waals surface area contributed by atoms with Gasteiger partial charge in [0.15, 0.2) is 0 Å². The molecule has 2 aromatic carbocycles. The van der Waals surface area contributed by atoms with Gasteiger partial charge in [-0.25, -0.2) is 4.39 Å². The van der Waals surface area contributed by atoms with Gasteiger partial charge in [-0.1, -0.05) is 36.4 Å². The summed E-state index contributed by atoms with van der Waals surface area (Å²) in [5.74, 6) is -0.279. The van der Waals surface area contributed by atoms with E-state index >= 15 is 0 Å². The minimum atomic E-state index is -0.227. The van der Waals surface area contributed by atoms with E-state index in [0.29, 0.717) is 31.6 Å². The summed E-state index contributed by atoms with van der Waals surface area (Å²) in [5, 5.41) is 2.95. The molecule has 5 heteroatoms. The Labute approximate surface area is 152 Å². The molecule has 0 atom stereocenters. The molecular formula is C20H23FN2OS. The lowest BCUT2D eigenvalue weighted by atomic mass is 10.2. The van der Waals surface area contributed by atoms with Crippen molar-refractivity contribution in [2.45, 2.75) is 17.9 Å². The predicted molar refractivity (Wildman–Crippen MR) is 103 cm³/mol. The zero-order valence-electron chi connectivity index (χ0n) is 14.4. The SMILES string of the molecule is C=CCN(CCC(=O)Nc1ccccc1SC)Cc1ccccc1F. The summed E-state index contributed by atoms with van der Waals surface area (Å²) >= 11 is 1.59. The summed E-state index contributed by atoms with van der Waals surface area (Å²) in [6.07, 6.45) is 4.08. The molecule has 132 valence electrons. The van der Waals surface area contributed by atoms with Crippen molar-refractivity contribution in [2.75, 3.05) is 24.7 Å². The first kappa shape index (κ1) is 19.2. The molecule has 3 nitrogen and oxygen atoms in total. The van der Waals surface area contributed by atoms with Gasteiger partial charge in [-0.15, -0.1) is 18.3 Å². The van der Waals surface area contributed by atoms with E-state index < -0.39 is 0 Å². The molecule has 2 rings (SSSR count). The first-order valence-corrected chi connectivity index (χ1v) is 9.36. The van der Waals surface area contributed by atoms with Crippen LogP contribution in [0.2, 0.25) is 0 Å². The number of anilines is 1. The van der Waals surface area contributed by atoms with Gasteiger partial charge in [0.05, 0.1) is 5.69 Å². The van der Waals surface area contributed by atoms with E-state index in [1.807, 2.05) is 41.5 Å². The van der Waals surface area contributed by atoms with Crippen LogP contribution in [0.4, 0.5) is 10.1 Å². The minimum Gasteiger partial charge on any atom is -0.325 e. The summed E-state index contributed by atoms with van der Waals surface area (Å²) in [5.41, 5.74) is 1.45. The Bertz CT molecular complexity index is 720. The molecule has 0 aliphatic heterocycles. The lowest BCUT2D eigenvalue weighted by Gasteiger charge is -2.21. The molecule has 2 aromatic rings. The molecule has 0 aliphatic rings. The van der Waals surface area contributed by atoms with Gasteiger partial charge < -0.3 is 5.32 Å². The van der Waals surface area contributed by atoms with Crippen LogP contribution in [0.5, 0.6) is 0 Å². The Morgan fingerprint density at radius 1 is 1.24 bits per heavy atom. The third kappa shape index (κ3) is 6.03. The number of nitrogens with zero attached hydrogens (tertiary/aromatic N) is 1. The fraction of sp³-hybridized carbons (Fsp3) is 0.250. The number of hydrogen-bond donors (Lipinski definition) is 1. The summed E-state index contributed by atoms with van der Waals surface area (Å²) in [6.45, 7) is 5.33. The van der Waals surface area contributed by atoms with Crippen molar-refractivity contribution in [1.29, 1.82) is 0 Å². The van der Waals surface area contributed by atoms with Gasteiger partial charge in [-0.05, 0) is 24.5 Å². The molecule has 0 radical (unpaired) electrons. The standard InChI is InChI=1S/C20H23FN2OS/c1-3-13-23(15-16-8-4-5-9-17(16)21)14-12-20(24)22-18-10-6-7-11-19(18)25-2/h3-11H,1,12-15H2,2H3,(H,22,24). The van der Waals surface area contributed by atoms with E-state index in [1.54, 1.807) is 30.0 Å². The Balaban J connectivity index is 1.93. The maximum atomic E-state index is 13.8. The van der Waals surface area contributed by atoms with Crippen LogP contribution in [0.1, 0.15) is 12.0 Å². The Kier molecular flexibility index (Phi) is 7.70. The topological polar surface area (TPSA) is 32.3 Å². The fourth-order valence-electron chi connectivity index (χ4n) is 2.51. The highest BCUT2D eigenvalue weighted by atomic mass is 32.2. The smallest absolute Gasteiger partial charge is 0.225 e. The van der Waals surface area contributed by atoms with Crippen LogP contribution in [0.15, 0.2) is 66.1 Å². The summed E-state index contributed by atoms with van der Waals surface area (Å²) in [7, 11) is 0. The molecule has 0 saturated heterocycles. The molecule has 0 aliphatic carbocycles. The summed E-state index contributed by atoms with van der Waals surface area (Å²) in [6, 6.07) is 14.4. The van der Waals surface area contributed by atoms with Crippen molar-refractivity contribution in [2.24, 2.45) is 0 Å². The molecule has 1 amide bonds. The van der Waals surface area contributed by atoms with Crippen LogP contribution in [0.3, 0.4) is 0 Å². The number of benzene rings is 2. The highest BCUT2D eigenvalue weighted by Crippen LogP contribution is 2.24. The molecule has 25 heavy (non-hydrogen) atoms. The van der Waals surface area contributed by atoms with Crippen molar-refractivity contribution >= 4 is 23.4 Å². The van der Waals surface area contributed by atoms with Gasteiger partial charge in [-0.3, -0.25) is 9.69 Å². The van der Waals surface area contributed by atoms with E-state index in [1.165, 1.54) is 6.07 Å². The first-order valence-electron chi connectivity index (χ1n) is 8.13. The Morgan fingerprint density at radius 2 is 1.96 bits per heavy atom. The number of rotatable bonds is 9. The normalized spacial score (nSPS) is 10.7. The summed E-state index contributed by atoms with van der Waals surface area (Å²) in [4.78, 5) is 15.3. The van der Waals surface area contributed by atoms with Crippen molar-refractivity contribution in [1.82, 2.24) is 4.90 Å². The number of amides is 1. The number of hydrogen-bond acceptors (Lipinski definition) is 3. The Morgan fingerprint density at radius 3 is 2.68 bits per heavy atom. The lowest BCUT2D eigenvalue weighted by molar-refractivity contribution is -0.116. The van der Waals surface area contributed by atoms with Crippen molar-refractivity contribution in [3.63, 3.8) is 0 Å². The van der Waals surface area contributed by atoms with Crippen LogP contribution in [0.25, 0.3) is 0 Å². The van der Waals surface area contributed by atoms with Gasteiger partial charge in [-0.2, -0.15) is 0 Å². The largest absolute Gasteiger partial charge is 0.325 e. The second-order valence-corrected chi connectivity index (χ2v) is 6.46. The number of carbonyl (C=O) groups is 1. The molecule has 0 fully saturated rings. The third-order valence-corrected chi connectivity index (χ3v) is 4.57. The first-order chi connectivity index (χ1) is 12.1. The van der Waals surface area contributed by atoms with E-state index in [4.69, 9.17) is 0 Å². The van der Waals surface area contributed by atoms with Crippen molar-refractivity contribution in [3.05, 3.63) is 72.6 Å². The number of nitrogens with one attached hydrogen (secondary N) is 1. The second kappa shape index (κ2) is 10.0. The van der Waals surface area contributed by atoms with Crippen LogP contribution in [-0.2, 0) is 11.3 Å². The lowest BCUT2D eigenvalue weighted by Crippen LogP contribution is -2.28. The molecule has 0 unspecified atom stereocenters. The molecule has 0 bridgehead atoms. The van der Waals surface area contributed by atoms with Gasteiger partial charge in [0, 0.05) is 36.5 Å². The van der Waals surface area contributed by atoms with Crippen LogP contribution in [-0.4, -0.2) is 30.2 Å². The molecule has 0 saturated carbocycles. The molecule has 0 spiro atoms. The van der Waals surface area contributed by atoms with Gasteiger partial charge in [0.1, 0.15) is 5.82 Å². The van der Waals surface area contributed by atoms with E-state index in [-0.39, 0.29) is 11.7 Å². The minimum absolute atomic E-state index is 0.0518. The summed E-state index contributed by atoms with van der Waals surface area (Å²) < 4.78 is 13.8. The molecule has 0 heterocycles. The van der Waals surface area contributed by atoms with Gasteiger partial charge in [0.2, 0.25) is 5.91 Å². The van der Waals surface area contributed by atoms with E-state index in [2.05, 4.69) is 11.9 Å². The van der Waals surface area contributed by atoms with Gasteiger partial charge in [0.25, 0.3) is 0 Å². The predicted octanol–water partition coefficient (Wildman–Crippen LogP) is 4.56. The van der Waals surface area contributed by atoms with Gasteiger partial charge >= 0.3 is 0 Å². The van der Waals surface area contributed by atoms with Crippen molar-refractivity contribution < 1.29 is 9.18 Å². The maximum absolute atomic E-state index is 13.8. The molecular weight excluding hydrogens is 335 g/mol. The third-order valence-electron chi connectivity index (χ3n) is 3.78. The fourth-order valence-corrected chi connectivity index (χ4v) is 3.06. The quantitative estimate of drug-likeness (QED) is 0.527. The Hall–Kier alpha value is -2.11. The van der Waals surface area contributed by atoms with Crippen LogP contribution >= 0.6 is 11.8 Å². The number of halogens is 1. The molecule has 0 aromatic heterocycles. The van der Waals surface area contributed by atoms with Crippen LogP contribution < -0.4 is 5.32 Å². The van der Waals surface area contributed by atoms with Crippen LogP contribution in [0, 0.1) is 5.82 Å².